The van der Waals surface area contributed by atoms with Crippen LogP contribution in [-0.2, 0) is 0 Å². The minimum absolute atomic E-state index is 0.101. The molecule has 0 aliphatic carbocycles. The van der Waals surface area contributed by atoms with Crippen LogP contribution in [0.4, 0.5) is 4.79 Å². The molecule has 1 aliphatic rings. The third-order valence-electron chi connectivity index (χ3n) is 2.91. The van der Waals surface area contributed by atoms with Crippen molar-refractivity contribution in [2.45, 2.75) is 33.6 Å². The van der Waals surface area contributed by atoms with Gasteiger partial charge in [-0.3, -0.25) is 0 Å². The smallest absolute Gasteiger partial charge is 0.317 e. The third-order valence-corrected chi connectivity index (χ3v) is 2.91. The molecule has 1 fully saturated rings. The average Bonchev–Trinajstić information content (AvgIpc) is 2.32. The normalized spacial score (nSPS) is 16.5. The molecule has 1 saturated heterocycles. The van der Waals surface area contributed by atoms with Crippen LogP contribution in [0.2, 0.25) is 0 Å². The summed E-state index contributed by atoms with van der Waals surface area (Å²) >= 11 is 0. The Balaban J connectivity index is 0.00000121. The second kappa shape index (κ2) is 9.28. The van der Waals surface area contributed by atoms with Gasteiger partial charge < -0.3 is 15.1 Å². The third kappa shape index (κ3) is 7.21. The lowest BCUT2D eigenvalue weighted by Crippen LogP contribution is -2.45. The van der Waals surface area contributed by atoms with Gasteiger partial charge in [0.15, 0.2) is 0 Å². The van der Waals surface area contributed by atoms with Gasteiger partial charge >= 0.3 is 6.03 Å². The average molecular weight is 243 g/mol. The van der Waals surface area contributed by atoms with Crippen molar-refractivity contribution >= 4 is 6.03 Å². The fraction of sp³-hybridized carbons (Fsp3) is 0.923. The van der Waals surface area contributed by atoms with Gasteiger partial charge in [0.05, 0.1) is 0 Å². The molecular weight excluding hydrogens is 214 g/mol. The number of carbonyl (C=O) groups excluding carboxylic acids is 1. The van der Waals surface area contributed by atoms with E-state index in [9.17, 15) is 4.79 Å². The molecule has 0 saturated carbocycles. The van der Waals surface area contributed by atoms with Crippen LogP contribution in [0.25, 0.3) is 0 Å². The molecule has 0 atom stereocenters. The largest absolute Gasteiger partial charge is 0.337 e. The zero-order chi connectivity index (χ0) is 13.3. The first-order valence-corrected chi connectivity index (χ1v) is 6.77. The maximum atomic E-state index is 11.7. The molecule has 0 aromatic carbocycles. The topological polar surface area (TPSA) is 35.6 Å². The van der Waals surface area contributed by atoms with E-state index in [4.69, 9.17) is 0 Å². The van der Waals surface area contributed by atoms with Crippen LogP contribution in [-0.4, -0.2) is 56.1 Å². The van der Waals surface area contributed by atoms with E-state index in [1.165, 1.54) is 0 Å². The van der Waals surface area contributed by atoms with Crippen LogP contribution in [0.1, 0.15) is 33.6 Å². The molecule has 0 bridgehead atoms. The summed E-state index contributed by atoms with van der Waals surface area (Å²) < 4.78 is 0. The number of hydrogen-bond acceptors (Lipinski definition) is 2. The number of piperidine rings is 1. The van der Waals surface area contributed by atoms with Gasteiger partial charge in [0, 0.05) is 26.2 Å². The lowest BCUT2D eigenvalue weighted by molar-refractivity contribution is 0.173. The first-order valence-electron chi connectivity index (χ1n) is 6.77. The number of nitrogens with one attached hydrogen (secondary N) is 1. The molecule has 17 heavy (non-hydrogen) atoms. The first kappa shape index (κ1) is 16.2. The van der Waals surface area contributed by atoms with Crippen molar-refractivity contribution in [1.82, 2.24) is 15.1 Å². The molecule has 2 amide bonds. The SMILES string of the molecule is CC.CC1CCN(C(=O)NCCN(C)C)CC1. The zero-order valence-electron chi connectivity index (χ0n) is 12.1. The van der Waals surface area contributed by atoms with E-state index < -0.39 is 0 Å². The molecule has 0 unspecified atom stereocenters. The molecule has 102 valence electrons. The maximum Gasteiger partial charge on any atom is 0.317 e. The summed E-state index contributed by atoms with van der Waals surface area (Å²) in [6.45, 7) is 9.71. The van der Waals surface area contributed by atoms with Gasteiger partial charge in [-0.1, -0.05) is 20.8 Å². The van der Waals surface area contributed by atoms with Crippen molar-refractivity contribution < 1.29 is 4.79 Å². The second-order valence-electron chi connectivity index (χ2n) is 4.70. The Morgan fingerprint density at radius 1 is 1.29 bits per heavy atom. The number of carbonyl (C=O) groups is 1. The number of hydrogen-bond donors (Lipinski definition) is 1. The standard InChI is InChI=1S/C11H23N3O.C2H6/c1-10-4-7-14(8-5-10)11(15)12-6-9-13(2)3;1-2/h10H,4-9H2,1-3H3,(H,12,15);1-2H3. The van der Waals surface area contributed by atoms with Crippen LogP contribution < -0.4 is 5.32 Å². The van der Waals surface area contributed by atoms with Gasteiger partial charge in [-0.05, 0) is 32.9 Å². The summed E-state index contributed by atoms with van der Waals surface area (Å²) in [5.41, 5.74) is 0. The van der Waals surface area contributed by atoms with Gasteiger partial charge in [-0.15, -0.1) is 0 Å². The molecule has 0 radical (unpaired) electrons. The molecule has 0 spiro atoms. The molecular formula is C13H29N3O. The van der Waals surface area contributed by atoms with Crippen LogP contribution >= 0.6 is 0 Å². The Morgan fingerprint density at radius 2 is 1.82 bits per heavy atom. The van der Waals surface area contributed by atoms with Crippen LogP contribution in [0.5, 0.6) is 0 Å². The molecule has 0 aromatic rings. The lowest BCUT2D eigenvalue weighted by Gasteiger charge is -2.30. The molecule has 1 aliphatic heterocycles. The van der Waals surface area contributed by atoms with E-state index in [0.717, 1.165) is 44.9 Å². The van der Waals surface area contributed by atoms with Crippen molar-refractivity contribution in [1.29, 1.82) is 0 Å². The molecule has 1 N–H and O–H groups in total. The van der Waals surface area contributed by atoms with Crippen molar-refractivity contribution in [3.05, 3.63) is 0 Å². The minimum atomic E-state index is 0.101. The fourth-order valence-electron chi connectivity index (χ4n) is 1.71. The Labute approximate surface area is 106 Å². The van der Waals surface area contributed by atoms with E-state index in [2.05, 4.69) is 17.1 Å². The Morgan fingerprint density at radius 3 is 2.29 bits per heavy atom. The predicted octanol–water partition coefficient (Wildman–Crippen LogP) is 2.02. The summed E-state index contributed by atoms with van der Waals surface area (Å²) in [6, 6.07) is 0.101. The van der Waals surface area contributed by atoms with Crippen molar-refractivity contribution in [2.24, 2.45) is 5.92 Å². The van der Waals surface area contributed by atoms with Crippen molar-refractivity contribution in [3.63, 3.8) is 0 Å². The maximum absolute atomic E-state index is 11.7. The van der Waals surface area contributed by atoms with E-state index in [1.54, 1.807) is 0 Å². The lowest BCUT2D eigenvalue weighted by atomic mass is 10.00. The Kier molecular flexibility index (Phi) is 8.86. The monoisotopic (exact) mass is 243 g/mol. The van der Waals surface area contributed by atoms with E-state index >= 15 is 0 Å². The number of rotatable bonds is 3. The van der Waals surface area contributed by atoms with Gasteiger partial charge in [-0.2, -0.15) is 0 Å². The quantitative estimate of drug-likeness (QED) is 0.823. The highest BCUT2D eigenvalue weighted by atomic mass is 16.2. The van der Waals surface area contributed by atoms with E-state index in [0.29, 0.717) is 0 Å². The number of nitrogens with zero attached hydrogens (tertiary/aromatic N) is 2. The van der Waals surface area contributed by atoms with Crippen molar-refractivity contribution in [2.75, 3.05) is 40.3 Å². The van der Waals surface area contributed by atoms with Gasteiger partial charge in [-0.25, -0.2) is 4.79 Å². The highest BCUT2D eigenvalue weighted by Crippen LogP contribution is 2.15. The molecule has 1 heterocycles. The number of urea groups is 1. The van der Waals surface area contributed by atoms with Gasteiger partial charge in [0.2, 0.25) is 0 Å². The summed E-state index contributed by atoms with van der Waals surface area (Å²) in [7, 11) is 4.02. The summed E-state index contributed by atoms with van der Waals surface area (Å²) in [5, 5.41) is 2.94. The molecule has 4 heteroatoms. The highest BCUT2D eigenvalue weighted by Gasteiger charge is 2.19. The van der Waals surface area contributed by atoms with Gasteiger partial charge in [0.25, 0.3) is 0 Å². The highest BCUT2D eigenvalue weighted by molar-refractivity contribution is 5.74. The fourth-order valence-corrected chi connectivity index (χ4v) is 1.71. The van der Waals surface area contributed by atoms with Crippen molar-refractivity contribution in [3.8, 4) is 0 Å². The van der Waals surface area contributed by atoms with Crippen LogP contribution in [0.15, 0.2) is 0 Å². The molecule has 4 nitrogen and oxygen atoms in total. The zero-order valence-corrected chi connectivity index (χ0v) is 12.1. The van der Waals surface area contributed by atoms with E-state index in [1.807, 2.05) is 32.8 Å². The summed E-state index contributed by atoms with van der Waals surface area (Å²) in [6.07, 6.45) is 2.28. The summed E-state index contributed by atoms with van der Waals surface area (Å²) in [5.74, 6) is 0.774. The number of amides is 2. The molecule has 0 aromatic heterocycles. The predicted molar refractivity (Wildman–Crippen MR) is 73.3 cm³/mol. The second-order valence-corrected chi connectivity index (χ2v) is 4.70. The van der Waals surface area contributed by atoms with Crippen LogP contribution in [0, 0.1) is 5.92 Å². The van der Waals surface area contributed by atoms with Gasteiger partial charge in [0.1, 0.15) is 0 Å². The number of likely N-dealkylation sites (tertiary alicyclic amines) is 1. The Bertz CT molecular complexity index is 199. The minimum Gasteiger partial charge on any atom is -0.337 e. The summed E-state index contributed by atoms with van der Waals surface area (Å²) in [4.78, 5) is 15.7. The first-order chi connectivity index (χ1) is 8.09. The Hall–Kier alpha value is -0.770. The number of likely N-dealkylation sites (N-methyl/N-ethyl adjacent to an activating group) is 1. The van der Waals surface area contributed by atoms with Crippen LogP contribution in [0.3, 0.4) is 0 Å². The molecule has 1 rings (SSSR count). The van der Waals surface area contributed by atoms with E-state index in [-0.39, 0.29) is 6.03 Å².